The number of hydrogen-bond acceptors (Lipinski definition) is 3. The van der Waals surface area contributed by atoms with Gasteiger partial charge in [-0.05, 0) is 91.5 Å². The van der Waals surface area contributed by atoms with Gasteiger partial charge in [-0.25, -0.2) is 0 Å². The molecule has 3 fully saturated rings. The van der Waals surface area contributed by atoms with Crippen LogP contribution in [0.5, 0.6) is 11.5 Å². The Bertz CT molecular complexity index is 1010. The van der Waals surface area contributed by atoms with Crippen molar-refractivity contribution in [2.75, 3.05) is 4.90 Å². The Morgan fingerprint density at radius 2 is 1.34 bits per heavy atom. The number of benzene rings is 2. The van der Waals surface area contributed by atoms with E-state index >= 15 is 0 Å². The number of ether oxygens (including phenoxy) is 1. The van der Waals surface area contributed by atoms with Gasteiger partial charge in [-0.2, -0.15) is 0 Å². The fourth-order valence-corrected chi connectivity index (χ4v) is 6.00. The lowest BCUT2D eigenvalue weighted by atomic mass is 9.63. The van der Waals surface area contributed by atoms with Crippen LogP contribution in [0.1, 0.15) is 17.5 Å². The number of carbonyl (C=O) groups excluding carboxylic acids is 2. The molecule has 2 saturated carbocycles. The van der Waals surface area contributed by atoms with Crippen molar-refractivity contribution in [1.82, 2.24) is 0 Å². The highest BCUT2D eigenvalue weighted by molar-refractivity contribution is 6.22. The van der Waals surface area contributed by atoms with E-state index in [1.807, 2.05) is 50.2 Å². The van der Waals surface area contributed by atoms with E-state index in [2.05, 4.69) is 18.2 Å². The number of amides is 2. The summed E-state index contributed by atoms with van der Waals surface area (Å²) in [4.78, 5) is 27.8. The molecule has 0 radical (unpaired) electrons. The summed E-state index contributed by atoms with van der Waals surface area (Å²) in [6, 6.07) is 13.4. The summed E-state index contributed by atoms with van der Waals surface area (Å²) in [7, 11) is 0. The monoisotopic (exact) mass is 385 g/mol. The molecule has 1 heterocycles. The van der Waals surface area contributed by atoms with E-state index in [9.17, 15) is 9.59 Å². The molecule has 146 valence electrons. The molecule has 29 heavy (non-hydrogen) atoms. The zero-order valence-corrected chi connectivity index (χ0v) is 16.5. The van der Waals surface area contributed by atoms with Crippen LogP contribution in [-0.2, 0) is 9.59 Å². The molecule has 5 aliphatic rings. The van der Waals surface area contributed by atoms with Crippen LogP contribution in [0.25, 0.3) is 0 Å². The minimum absolute atomic E-state index is 0.0207. The van der Waals surface area contributed by atoms with Crippen molar-refractivity contribution in [3.05, 3.63) is 65.7 Å². The molecule has 7 rings (SSSR count). The van der Waals surface area contributed by atoms with Gasteiger partial charge in [-0.1, -0.05) is 18.2 Å². The van der Waals surface area contributed by atoms with Gasteiger partial charge in [0.15, 0.2) is 0 Å². The van der Waals surface area contributed by atoms with Crippen molar-refractivity contribution in [1.29, 1.82) is 0 Å². The van der Waals surface area contributed by atoms with Crippen LogP contribution in [0.15, 0.2) is 54.6 Å². The Kier molecular flexibility index (Phi) is 3.41. The molecule has 4 aliphatic carbocycles. The molecule has 0 N–H and O–H groups in total. The first-order valence-corrected chi connectivity index (χ1v) is 10.4. The predicted octanol–water partition coefficient (Wildman–Crippen LogP) is 4.65. The van der Waals surface area contributed by atoms with Crippen LogP contribution in [0.2, 0.25) is 0 Å². The fourth-order valence-electron chi connectivity index (χ4n) is 6.00. The van der Waals surface area contributed by atoms with Gasteiger partial charge in [-0.3, -0.25) is 14.5 Å². The Labute approximate surface area is 170 Å². The van der Waals surface area contributed by atoms with Crippen LogP contribution in [0.3, 0.4) is 0 Å². The Morgan fingerprint density at radius 1 is 0.793 bits per heavy atom. The highest BCUT2D eigenvalue weighted by Crippen LogP contribution is 2.65. The summed E-state index contributed by atoms with van der Waals surface area (Å²) < 4.78 is 5.97. The van der Waals surface area contributed by atoms with Crippen LogP contribution in [-0.4, -0.2) is 11.8 Å². The number of rotatable bonds is 3. The van der Waals surface area contributed by atoms with Crippen LogP contribution < -0.4 is 9.64 Å². The third-order valence-corrected chi connectivity index (χ3v) is 7.19. The van der Waals surface area contributed by atoms with Crippen molar-refractivity contribution in [2.45, 2.75) is 20.3 Å². The van der Waals surface area contributed by atoms with E-state index in [0.717, 1.165) is 16.9 Å². The Hall–Kier alpha value is -2.88. The molecular formula is C25H23NO3. The Morgan fingerprint density at radius 3 is 1.90 bits per heavy atom. The van der Waals surface area contributed by atoms with E-state index in [-0.39, 0.29) is 35.5 Å². The standard InChI is InChI=1S/C25H23NO3/c1-13-9-14(2)11-17(10-13)29-16-5-3-15(4-6-16)26-24(27)22-18-7-8-19(21-12-20(18)21)23(22)25(26)28/h3-11,18-23H,12H2,1-2H3/t18-,19-,20-,21+,22-,23+/m1/s1. The highest BCUT2D eigenvalue weighted by atomic mass is 16.5. The van der Waals surface area contributed by atoms with Gasteiger partial charge < -0.3 is 4.74 Å². The smallest absolute Gasteiger partial charge is 0.238 e. The fraction of sp³-hybridized carbons (Fsp3) is 0.360. The first-order chi connectivity index (χ1) is 14.0. The van der Waals surface area contributed by atoms with Gasteiger partial charge in [0, 0.05) is 0 Å². The molecule has 4 heteroatoms. The molecule has 6 atom stereocenters. The third kappa shape index (κ3) is 2.44. The molecule has 2 amide bonds. The summed E-state index contributed by atoms with van der Waals surface area (Å²) in [5.41, 5.74) is 2.94. The molecule has 0 spiro atoms. The molecule has 2 bridgehead atoms. The van der Waals surface area contributed by atoms with Gasteiger partial charge >= 0.3 is 0 Å². The topological polar surface area (TPSA) is 46.6 Å². The van der Waals surface area contributed by atoms with Gasteiger partial charge in [-0.15, -0.1) is 0 Å². The number of aryl methyl sites for hydroxylation is 2. The number of hydrogen-bond donors (Lipinski definition) is 0. The second-order valence-corrected chi connectivity index (χ2v) is 9.09. The molecule has 4 nitrogen and oxygen atoms in total. The maximum atomic E-state index is 13.2. The van der Waals surface area contributed by atoms with Crippen molar-refractivity contribution in [2.24, 2.45) is 35.5 Å². The second kappa shape index (κ2) is 5.82. The first kappa shape index (κ1) is 17.0. The van der Waals surface area contributed by atoms with Crippen molar-refractivity contribution in [3.63, 3.8) is 0 Å². The van der Waals surface area contributed by atoms with Crippen molar-refractivity contribution < 1.29 is 14.3 Å². The lowest BCUT2D eigenvalue weighted by molar-refractivity contribution is -0.124. The zero-order chi connectivity index (χ0) is 19.9. The summed E-state index contributed by atoms with van der Waals surface area (Å²) in [6.07, 6.45) is 5.59. The largest absolute Gasteiger partial charge is 0.457 e. The third-order valence-electron chi connectivity index (χ3n) is 7.19. The maximum absolute atomic E-state index is 13.2. The maximum Gasteiger partial charge on any atom is 0.238 e. The molecule has 0 aromatic heterocycles. The highest BCUT2D eigenvalue weighted by Gasteiger charge is 2.67. The average molecular weight is 385 g/mol. The molecular weight excluding hydrogens is 362 g/mol. The second-order valence-electron chi connectivity index (χ2n) is 9.09. The van der Waals surface area contributed by atoms with E-state index in [1.54, 1.807) is 0 Å². The van der Waals surface area contributed by atoms with Gasteiger partial charge in [0.2, 0.25) is 11.8 Å². The number of allylic oxidation sites excluding steroid dienone is 2. The molecule has 0 unspecified atom stereocenters. The number of nitrogens with zero attached hydrogens (tertiary/aromatic N) is 1. The Balaban J connectivity index is 1.26. The summed E-state index contributed by atoms with van der Waals surface area (Å²) in [5, 5.41) is 0. The van der Waals surface area contributed by atoms with E-state index < -0.39 is 0 Å². The number of imide groups is 1. The van der Waals surface area contributed by atoms with Gasteiger partial charge in [0.05, 0.1) is 17.5 Å². The molecule has 2 aromatic rings. The first-order valence-electron chi connectivity index (χ1n) is 10.4. The normalized spacial score (nSPS) is 33.7. The van der Waals surface area contributed by atoms with Gasteiger partial charge in [0.1, 0.15) is 11.5 Å². The van der Waals surface area contributed by atoms with Crippen molar-refractivity contribution in [3.8, 4) is 11.5 Å². The van der Waals surface area contributed by atoms with E-state index in [1.165, 1.54) is 11.3 Å². The van der Waals surface area contributed by atoms with E-state index in [4.69, 9.17) is 4.74 Å². The number of anilines is 1. The quantitative estimate of drug-likeness (QED) is 0.571. The lowest BCUT2D eigenvalue weighted by Gasteiger charge is -2.37. The molecule has 2 aromatic carbocycles. The van der Waals surface area contributed by atoms with Gasteiger partial charge in [0.25, 0.3) is 0 Å². The predicted molar refractivity (Wildman–Crippen MR) is 110 cm³/mol. The molecule has 1 aliphatic heterocycles. The lowest BCUT2D eigenvalue weighted by Crippen LogP contribution is -2.40. The average Bonchev–Trinajstić information content (AvgIpc) is 3.46. The summed E-state index contributed by atoms with van der Waals surface area (Å²) >= 11 is 0. The van der Waals surface area contributed by atoms with Crippen LogP contribution in [0, 0.1) is 49.4 Å². The molecule has 1 saturated heterocycles. The van der Waals surface area contributed by atoms with E-state index in [0.29, 0.717) is 23.3 Å². The van der Waals surface area contributed by atoms with Crippen molar-refractivity contribution >= 4 is 17.5 Å². The SMILES string of the molecule is Cc1cc(C)cc(Oc2ccc(N3C(=O)[C@@H]4[C@@H]5C=C[C@H]([C@@H]6C[C@H]56)[C@@H]4C3=O)cc2)c1. The van der Waals surface area contributed by atoms with Crippen LogP contribution in [0.4, 0.5) is 5.69 Å². The number of carbonyl (C=O) groups is 2. The minimum atomic E-state index is -0.160. The minimum Gasteiger partial charge on any atom is -0.457 e. The van der Waals surface area contributed by atoms with Crippen LogP contribution >= 0.6 is 0 Å². The zero-order valence-electron chi connectivity index (χ0n) is 16.5. The summed E-state index contributed by atoms with van der Waals surface area (Å²) in [5.74, 6) is 2.87. The summed E-state index contributed by atoms with van der Waals surface area (Å²) in [6.45, 7) is 4.08.